The fourth-order valence-corrected chi connectivity index (χ4v) is 1.54. The third kappa shape index (κ3) is 3.56. The number of rotatable bonds is 3. The van der Waals surface area contributed by atoms with E-state index >= 15 is 0 Å². The second-order valence-corrected chi connectivity index (χ2v) is 3.62. The van der Waals surface area contributed by atoms with Gasteiger partial charge < -0.3 is 0 Å². The number of benzene rings is 1. The molecule has 0 bridgehead atoms. The van der Waals surface area contributed by atoms with Crippen LogP contribution in [0.1, 0.15) is 31.1 Å². The Kier molecular flexibility index (Phi) is 6.05. The number of hydrogen-bond acceptors (Lipinski definition) is 5. The quantitative estimate of drug-likeness (QED) is 0.363. The van der Waals surface area contributed by atoms with Crippen LogP contribution in [0.4, 0.5) is 11.4 Å². The van der Waals surface area contributed by atoms with Crippen LogP contribution in [-0.2, 0) is 0 Å². The van der Waals surface area contributed by atoms with E-state index in [9.17, 15) is 25.0 Å². The van der Waals surface area contributed by atoms with Crippen molar-refractivity contribution in [3.8, 4) is 0 Å². The van der Waals surface area contributed by atoms with Crippen LogP contribution in [-0.4, -0.2) is 15.6 Å². The van der Waals surface area contributed by atoms with Crippen molar-refractivity contribution in [2.75, 3.05) is 0 Å². The molecule has 0 heterocycles. The molecule has 0 amide bonds. The lowest BCUT2D eigenvalue weighted by Crippen LogP contribution is -2.09. The van der Waals surface area contributed by atoms with E-state index < -0.39 is 27.0 Å². The zero-order valence-corrected chi connectivity index (χ0v) is 11.3. The lowest BCUT2D eigenvalue weighted by atomic mass is 10.1. The Morgan fingerprint density at radius 1 is 1.11 bits per heavy atom. The predicted octanol–water partition coefficient (Wildman–Crippen LogP) is 2.23. The second-order valence-electron chi connectivity index (χ2n) is 3.00. The zero-order valence-electron chi connectivity index (χ0n) is 10.2. The first-order valence-corrected chi connectivity index (χ1v) is 5.65. The van der Waals surface area contributed by atoms with Crippen molar-refractivity contribution in [2.24, 2.45) is 0 Å². The molecule has 98 valence electrons. The van der Waals surface area contributed by atoms with Crippen LogP contribution in [0.25, 0.3) is 0 Å². The topological polar surface area (TPSA) is 103 Å². The van der Waals surface area contributed by atoms with Gasteiger partial charge in [-0.15, -0.1) is 0 Å². The standard InChI is InChI=1S/C8H7N2O5P.C2H6/c1-4(11)5-2-8(16)7(10(14)15)3-6(5)9(12)13;1-2/h2-3H,16H2,1H3;1-2H3. The molecular formula is C10H13N2O5P. The summed E-state index contributed by atoms with van der Waals surface area (Å²) < 4.78 is 0. The summed E-state index contributed by atoms with van der Waals surface area (Å²) in [6.45, 7) is 5.16. The second kappa shape index (κ2) is 6.76. The average Bonchev–Trinajstić information content (AvgIpc) is 2.30. The molecule has 1 aromatic rings. The zero-order chi connectivity index (χ0) is 14.5. The van der Waals surface area contributed by atoms with Gasteiger partial charge in [-0.05, 0) is 13.0 Å². The monoisotopic (exact) mass is 272 g/mol. The smallest absolute Gasteiger partial charge is 0.287 e. The molecule has 0 radical (unpaired) electrons. The highest BCUT2D eigenvalue weighted by molar-refractivity contribution is 7.28. The number of nitrogens with zero attached hydrogens (tertiary/aromatic N) is 2. The van der Waals surface area contributed by atoms with Crippen molar-refractivity contribution >= 4 is 31.7 Å². The molecule has 18 heavy (non-hydrogen) atoms. The summed E-state index contributed by atoms with van der Waals surface area (Å²) in [6, 6.07) is 1.92. The van der Waals surface area contributed by atoms with Crippen LogP contribution in [0.15, 0.2) is 12.1 Å². The first-order valence-electron chi connectivity index (χ1n) is 5.08. The van der Waals surface area contributed by atoms with E-state index in [1.54, 1.807) is 0 Å². The molecule has 0 aromatic heterocycles. The van der Waals surface area contributed by atoms with Crippen LogP contribution in [0.2, 0.25) is 0 Å². The summed E-state index contributed by atoms with van der Waals surface area (Å²) in [5.74, 6) is -0.509. The van der Waals surface area contributed by atoms with Gasteiger partial charge in [-0.2, -0.15) is 0 Å². The molecule has 0 N–H and O–H groups in total. The molecule has 8 heteroatoms. The van der Waals surface area contributed by atoms with Crippen molar-refractivity contribution in [2.45, 2.75) is 20.8 Å². The molecule has 1 aromatic carbocycles. The summed E-state index contributed by atoms with van der Waals surface area (Å²) in [4.78, 5) is 30.8. The number of nitro benzene ring substituents is 2. The molecule has 0 saturated carbocycles. The highest BCUT2D eigenvalue weighted by Gasteiger charge is 2.24. The van der Waals surface area contributed by atoms with Gasteiger partial charge in [-0.3, -0.25) is 25.0 Å². The van der Waals surface area contributed by atoms with Crippen LogP contribution in [0, 0.1) is 20.2 Å². The molecule has 0 aliphatic rings. The third-order valence-electron chi connectivity index (χ3n) is 1.92. The Labute approximate surface area is 106 Å². The maximum absolute atomic E-state index is 11.1. The van der Waals surface area contributed by atoms with Crippen molar-refractivity contribution < 1.29 is 14.6 Å². The van der Waals surface area contributed by atoms with Gasteiger partial charge in [0, 0.05) is 5.30 Å². The number of hydrogen-bond donors (Lipinski definition) is 0. The lowest BCUT2D eigenvalue weighted by molar-refractivity contribution is -0.393. The summed E-state index contributed by atoms with van der Waals surface area (Å²) >= 11 is 0. The summed E-state index contributed by atoms with van der Waals surface area (Å²) in [7, 11) is 2.07. The molecule has 7 nitrogen and oxygen atoms in total. The van der Waals surface area contributed by atoms with Gasteiger partial charge in [-0.1, -0.05) is 23.1 Å². The molecule has 0 saturated heterocycles. The maximum atomic E-state index is 11.1. The van der Waals surface area contributed by atoms with Crippen LogP contribution >= 0.6 is 9.24 Å². The molecule has 0 aliphatic heterocycles. The van der Waals surface area contributed by atoms with E-state index in [0.29, 0.717) is 0 Å². The Hall–Kier alpha value is -1.88. The van der Waals surface area contributed by atoms with Crippen LogP contribution in [0.3, 0.4) is 0 Å². The predicted molar refractivity (Wildman–Crippen MR) is 70.4 cm³/mol. The first kappa shape index (κ1) is 16.1. The Morgan fingerprint density at radius 2 is 1.56 bits per heavy atom. The largest absolute Gasteiger partial charge is 0.294 e. The van der Waals surface area contributed by atoms with Gasteiger partial charge >= 0.3 is 0 Å². The molecule has 1 atom stereocenters. The number of Topliss-reactive ketones (excluding diaryl/α,β-unsaturated/α-hetero) is 1. The highest BCUT2D eigenvalue weighted by atomic mass is 31.0. The van der Waals surface area contributed by atoms with Crippen molar-refractivity contribution in [3.63, 3.8) is 0 Å². The minimum absolute atomic E-state index is 0.138. The van der Waals surface area contributed by atoms with Gasteiger partial charge in [0.15, 0.2) is 5.78 Å². The minimum atomic E-state index is -0.812. The maximum Gasteiger partial charge on any atom is 0.287 e. The SMILES string of the molecule is CC.CC(=O)c1cc(P)c([N+](=O)[O-])cc1[N+](=O)[O-]. The number of ketones is 1. The van der Waals surface area contributed by atoms with Crippen molar-refractivity contribution in [1.29, 1.82) is 0 Å². The number of nitro groups is 2. The van der Waals surface area contributed by atoms with Crippen LogP contribution in [0.5, 0.6) is 0 Å². The Bertz CT molecular complexity index is 501. The summed E-state index contributed by atoms with van der Waals surface area (Å²) in [6.07, 6.45) is 0. The fourth-order valence-electron chi connectivity index (χ4n) is 1.19. The normalized spacial score (nSPS) is 9.11. The summed E-state index contributed by atoms with van der Waals surface area (Å²) in [5.41, 5.74) is -1.09. The third-order valence-corrected chi connectivity index (χ3v) is 2.38. The number of carbonyl (C=O) groups is 1. The molecule has 1 unspecified atom stereocenters. The molecule has 0 aliphatic carbocycles. The fraction of sp³-hybridized carbons (Fsp3) is 0.300. The van der Waals surface area contributed by atoms with E-state index in [-0.39, 0.29) is 10.9 Å². The summed E-state index contributed by atoms with van der Waals surface area (Å²) in [5, 5.41) is 21.3. The molecular weight excluding hydrogens is 259 g/mol. The van der Waals surface area contributed by atoms with Gasteiger partial charge in [0.05, 0.1) is 21.5 Å². The molecule has 1 rings (SSSR count). The molecule has 0 spiro atoms. The Balaban J connectivity index is 0.00000137. The van der Waals surface area contributed by atoms with Crippen molar-refractivity contribution in [1.82, 2.24) is 0 Å². The van der Waals surface area contributed by atoms with Crippen molar-refractivity contribution in [3.05, 3.63) is 37.9 Å². The average molecular weight is 272 g/mol. The van der Waals surface area contributed by atoms with E-state index in [1.807, 2.05) is 13.8 Å². The van der Waals surface area contributed by atoms with Gasteiger partial charge in [0.1, 0.15) is 0 Å². The van der Waals surface area contributed by atoms with Gasteiger partial charge in [0.2, 0.25) is 0 Å². The minimum Gasteiger partial charge on any atom is -0.294 e. The number of carbonyl (C=O) groups excluding carboxylic acids is 1. The van der Waals surface area contributed by atoms with Gasteiger partial charge in [-0.25, -0.2) is 0 Å². The van der Waals surface area contributed by atoms with Crippen LogP contribution < -0.4 is 5.30 Å². The first-order chi connectivity index (χ1) is 8.34. The van der Waals surface area contributed by atoms with E-state index in [2.05, 4.69) is 9.24 Å². The lowest BCUT2D eigenvalue weighted by Gasteiger charge is -2.01. The molecule has 0 fully saturated rings. The van der Waals surface area contributed by atoms with Gasteiger partial charge in [0.25, 0.3) is 11.4 Å². The van der Waals surface area contributed by atoms with E-state index in [4.69, 9.17) is 0 Å². The van der Waals surface area contributed by atoms with E-state index in [1.165, 1.54) is 0 Å². The highest BCUT2D eigenvalue weighted by Crippen LogP contribution is 2.24. The van der Waals surface area contributed by atoms with E-state index in [0.717, 1.165) is 19.1 Å². The Morgan fingerprint density at radius 3 is 1.89 bits per heavy atom.